The molecule has 2 N–H and O–H groups in total. The molecule has 0 heterocycles. The molecule has 0 bridgehead atoms. The summed E-state index contributed by atoms with van der Waals surface area (Å²) >= 11 is 0. The lowest BCUT2D eigenvalue weighted by molar-refractivity contribution is -0.123. The van der Waals surface area contributed by atoms with E-state index in [1.165, 1.54) is 27.4 Å². The third-order valence-electron chi connectivity index (χ3n) is 4.02. The van der Waals surface area contributed by atoms with E-state index in [0.29, 0.717) is 11.5 Å². The van der Waals surface area contributed by atoms with Crippen LogP contribution >= 0.6 is 0 Å². The van der Waals surface area contributed by atoms with Gasteiger partial charge in [-0.2, -0.15) is 0 Å². The summed E-state index contributed by atoms with van der Waals surface area (Å²) < 4.78 is 21.2. The highest BCUT2D eigenvalue weighted by Gasteiger charge is 2.21. The average Bonchev–Trinajstić information content (AvgIpc) is 2.70. The van der Waals surface area contributed by atoms with E-state index in [0.717, 1.165) is 11.1 Å². The summed E-state index contributed by atoms with van der Waals surface area (Å²) in [6.07, 6.45) is 0. The van der Waals surface area contributed by atoms with Crippen molar-refractivity contribution >= 4 is 11.8 Å². The lowest BCUT2D eigenvalue weighted by Crippen LogP contribution is -2.44. The first kappa shape index (κ1) is 20.9. The van der Waals surface area contributed by atoms with Crippen molar-refractivity contribution in [2.75, 3.05) is 27.9 Å². The molecule has 0 saturated carbocycles. The Bertz CT molecular complexity index is 846. The van der Waals surface area contributed by atoms with E-state index in [2.05, 4.69) is 10.9 Å². The van der Waals surface area contributed by atoms with Crippen molar-refractivity contribution in [3.63, 3.8) is 0 Å². The van der Waals surface area contributed by atoms with Crippen molar-refractivity contribution in [3.8, 4) is 23.0 Å². The van der Waals surface area contributed by atoms with Gasteiger partial charge >= 0.3 is 0 Å². The van der Waals surface area contributed by atoms with Crippen LogP contribution in [0, 0.1) is 13.8 Å². The highest BCUT2D eigenvalue weighted by atomic mass is 16.5. The van der Waals surface area contributed by atoms with E-state index in [1.54, 1.807) is 6.07 Å². The van der Waals surface area contributed by atoms with Crippen LogP contribution in [0.1, 0.15) is 21.5 Å². The number of methoxy groups -OCH3 is 3. The van der Waals surface area contributed by atoms with Gasteiger partial charge in [0, 0.05) is 0 Å². The van der Waals surface area contributed by atoms with E-state index >= 15 is 0 Å². The molecule has 0 aliphatic carbocycles. The number of ether oxygens (including phenoxy) is 4. The topological polar surface area (TPSA) is 95.1 Å². The van der Waals surface area contributed by atoms with E-state index in [9.17, 15) is 9.59 Å². The molecular formula is C20H24N2O6. The minimum Gasteiger partial charge on any atom is -0.493 e. The Balaban J connectivity index is 2.01. The molecule has 8 heteroatoms. The standard InChI is InChI=1S/C20H24N2O6/c1-12-7-6-8-13(2)17(12)28-11-16(23)21-22-20(24)14-9-10-15(25-3)19(27-5)18(14)26-4/h6-10H,11H2,1-5H3,(H,21,23)(H,22,24). The monoisotopic (exact) mass is 388 g/mol. The van der Waals surface area contributed by atoms with Gasteiger partial charge in [-0.25, -0.2) is 0 Å². The van der Waals surface area contributed by atoms with Gasteiger partial charge < -0.3 is 18.9 Å². The minimum atomic E-state index is -0.571. The highest BCUT2D eigenvalue weighted by Crippen LogP contribution is 2.39. The van der Waals surface area contributed by atoms with Gasteiger partial charge in [-0.15, -0.1) is 0 Å². The van der Waals surface area contributed by atoms with Crippen molar-refractivity contribution in [1.82, 2.24) is 10.9 Å². The van der Waals surface area contributed by atoms with Crippen LogP contribution in [0.15, 0.2) is 30.3 Å². The Hall–Kier alpha value is -3.42. The van der Waals surface area contributed by atoms with Crippen molar-refractivity contribution < 1.29 is 28.5 Å². The first-order chi connectivity index (χ1) is 13.4. The quantitative estimate of drug-likeness (QED) is 0.706. The van der Waals surface area contributed by atoms with Crippen LogP contribution in [0.4, 0.5) is 0 Å². The molecule has 2 amide bonds. The van der Waals surface area contributed by atoms with E-state index in [1.807, 2.05) is 32.0 Å². The molecule has 0 fully saturated rings. The molecule has 8 nitrogen and oxygen atoms in total. The van der Waals surface area contributed by atoms with Gasteiger partial charge in [-0.1, -0.05) is 18.2 Å². The number of carbonyl (C=O) groups is 2. The number of carbonyl (C=O) groups excluding carboxylic acids is 2. The molecule has 0 aliphatic rings. The maximum absolute atomic E-state index is 12.4. The summed E-state index contributed by atoms with van der Waals surface area (Å²) in [7, 11) is 4.33. The Morgan fingerprint density at radius 3 is 2.04 bits per heavy atom. The van der Waals surface area contributed by atoms with Crippen LogP contribution in [0.25, 0.3) is 0 Å². The summed E-state index contributed by atoms with van der Waals surface area (Å²) in [6.45, 7) is 3.55. The third-order valence-corrected chi connectivity index (χ3v) is 4.02. The molecule has 0 aliphatic heterocycles. The van der Waals surface area contributed by atoms with Gasteiger partial charge in [-0.3, -0.25) is 20.4 Å². The molecular weight excluding hydrogens is 364 g/mol. The summed E-state index contributed by atoms with van der Waals surface area (Å²) in [5.74, 6) is 0.462. The second-order valence-electron chi connectivity index (χ2n) is 5.89. The number of hydrogen-bond donors (Lipinski definition) is 2. The third kappa shape index (κ3) is 4.64. The lowest BCUT2D eigenvalue weighted by atomic mass is 10.1. The van der Waals surface area contributed by atoms with Crippen LogP contribution in [-0.4, -0.2) is 39.8 Å². The predicted octanol–water partition coefficient (Wildman–Crippen LogP) is 2.17. The molecule has 2 aromatic carbocycles. The number of hydrogen-bond acceptors (Lipinski definition) is 6. The van der Waals surface area contributed by atoms with Crippen LogP contribution in [0.3, 0.4) is 0 Å². The molecule has 150 valence electrons. The fraction of sp³-hybridized carbons (Fsp3) is 0.300. The molecule has 0 unspecified atom stereocenters. The first-order valence-electron chi connectivity index (χ1n) is 8.50. The van der Waals surface area contributed by atoms with Crippen molar-refractivity contribution in [1.29, 1.82) is 0 Å². The van der Waals surface area contributed by atoms with E-state index in [-0.39, 0.29) is 23.7 Å². The Labute approximate surface area is 163 Å². The normalized spacial score (nSPS) is 10.0. The van der Waals surface area contributed by atoms with Crippen LogP contribution in [-0.2, 0) is 4.79 Å². The maximum Gasteiger partial charge on any atom is 0.276 e. The van der Waals surface area contributed by atoms with Gasteiger partial charge in [0.15, 0.2) is 18.1 Å². The number of hydrazine groups is 1. The van der Waals surface area contributed by atoms with Gasteiger partial charge in [0.1, 0.15) is 5.75 Å². The van der Waals surface area contributed by atoms with Gasteiger partial charge in [0.2, 0.25) is 5.75 Å². The average molecular weight is 388 g/mol. The summed E-state index contributed by atoms with van der Waals surface area (Å²) in [4.78, 5) is 24.5. The molecule has 0 aromatic heterocycles. The zero-order valence-electron chi connectivity index (χ0n) is 16.5. The number of aryl methyl sites for hydroxylation is 2. The van der Waals surface area contributed by atoms with E-state index < -0.39 is 11.8 Å². The Kier molecular flexibility index (Phi) is 7.08. The number of nitrogens with one attached hydrogen (secondary N) is 2. The number of para-hydroxylation sites is 1. The summed E-state index contributed by atoms with van der Waals surface area (Å²) in [5, 5.41) is 0. The molecule has 2 rings (SSSR count). The largest absolute Gasteiger partial charge is 0.493 e. The van der Waals surface area contributed by atoms with Crippen molar-refractivity contribution in [2.45, 2.75) is 13.8 Å². The Morgan fingerprint density at radius 2 is 1.46 bits per heavy atom. The number of rotatable bonds is 7. The first-order valence-corrected chi connectivity index (χ1v) is 8.50. The van der Waals surface area contributed by atoms with Crippen molar-refractivity contribution in [2.24, 2.45) is 0 Å². The maximum atomic E-state index is 12.4. The molecule has 28 heavy (non-hydrogen) atoms. The summed E-state index contributed by atoms with van der Waals surface area (Å²) in [5.41, 5.74) is 6.67. The fourth-order valence-electron chi connectivity index (χ4n) is 2.67. The second-order valence-corrected chi connectivity index (χ2v) is 5.89. The van der Waals surface area contributed by atoms with Crippen LogP contribution in [0.5, 0.6) is 23.0 Å². The van der Waals surface area contributed by atoms with Gasteiger partial charge in [-0.05, 0) is 37.1 Å². The minimum absolute atomic E-state index is 0.177. The van der Waals surface area contributed by atoms with Gasteiger partial charge in [0.05, 0.1) is 26.9 Å². The SMILES string of the molecule is COc1ccc(C(=O)NNC(=O)COc2c(C)cccc2C)c(OC)c1OC. The predicted molar refractivity (Wildman–Crippen MR) is 103 cm³/mol. The molecule has 0 spiro atoms. The van der Waals surface area contributed by atoms with Crippen LogP contribution < -0.4 is 29.8 Å². The second kappa shape index (κ2) is 9.50. The number of benzene rings is 2. The Morgan fingerprint density at radius 1 is 0.821 bits per heavy atom. The zero-order chi connectivity index (χ0) is 20.7. The van der Waals surface area contributed by atoms with E-state index in [4.69, 9.17) is 18.9 Å². The van der Waals surface area contributed by atoms with Crippen molar-refractivity contribution in [3.05, 3.63) is 47.0 Å². The molecule has 2 aromatic rings. The fourth-order valence-corrected chi connectivity index (χ4v) is 2.67. The lowest BCUT2D eigenvalue weighted by Gasteiger charge is -2.16. The zero-order valence-corrected chi connectivity index (χ0v) is 16.5. The number of amides is 2. The van der Waals surface area contributed by atoms with Crippen LogP contribution in [0.2, 0.25) is 0 Å². The smallest absolute Gasteiger partial charge is 0.276 e. The highest BCUT2D eigenvalue weighted by molar-refractivity contribution is 5.99. The summed E-state index contributed by atoms with van der Waals surface area (Å²) in [6, 6.07) is 8.78. The van der Waals surface area contributed by atoms with Gasteiger partial charge in [0.25, 0.3) is 11.8 Å². The molecule has 0 saturated heterocycles. The molecule has 0 radical (unpaired) electrons. The molecule has 0 atom stereocenters.